The number of benzene rings is 3. The number of halogens is 1. The Labute approximate surface area is 308 Å². The van der Waals surface area contributed by atoms with Crippen LogP contribution in [-0.2, 0) is 16.9 Å². The SMILES string of the molecule is CC[C@H](NC[C@H](O)c1ccc(O)c(CO)c1)c1ccc(OCCC[N+]23CCC(CC2)[C@@H](OC[C@@](O)(c2ccccc2)C2CCCC2)C3)cc1.[Br-]. The number of nitrogens with one attached hydrogen (secondary N) is 1. The summed E-state index contributed by atoms with van der Waals surface area (Å²) in [5, 5.41) is 45.5. The lowest BCUT2D eigenvalue weighted by molar-refractivity contribution is -0.946. The Balaban J connectivity index is 0.00000486. The minimum Gasteiger partial charge on any atom is -1.00 e. The van der Waals surface area contributed by atoms with Gasteiger partial charge in [0.15, 0.2) is 0 Å². The normalized spacial score (nSPS) is 24.3. The monoisotopic (exact) mass is 752 g/mol. The van der Waals surface area contributed by atoms with E-state index >= 15 is 0 Å². The van der Waals surface area contributed by atoms with Crippen LogP contribution in [-0.4, -0.2) is 77.0 Å². The zero-order chi connectivity index (χ0) is 34.3. The van der Waals surface area contributed by atoms with Crippen molar-refractivity contribution in [1.29, 1.82) is 0 Å². The largest absolute Gasteiger partial charge is 1.00 e. The van der Waals surface area contributed by atoms with Crippen LogP contribution in [0.2, 0.25) is 0 Å². The molecular formula is C41H57BrN2O6. The Bertz CT molecular complexity index is 1460. The molecule has 9 heteroatoms. The van der Waals surface area contributed by atoms with Gasteiger partial charge in [0.05, 0.1) is 45.6 Å². The second kappa shape index (κ2) is 17.8. The molecule has 3 aromatic rings. The van der Waals surface area contributed by atoms with Crippen molar-refractivity contribution in [2.75, 3.05) is 45.9 Å². The molecular weight excluding hydrogens is 696 g/mol. The van der Waals surface area contributed by atoms with E-state index in [1.54, 1.807) is 12.1 Å². The number of hydrogen-bond acceptors (Lipinski definition) is 7. The molecule has 0 spiro atoms. The maximum atomic E-state index is 12.0. The first-order chi connectivity index (χ1) is 23.8. The minimum absolute atomic E-state index is 0. The number of hydrogen-bond donors (Lipinski definition) is 5. The highest BCUT2D eigenvalue weighted by molar-refractivity contribution is 5.36. The molecule has 274 valence electrons. The molecule has 50 heavy (non-hydrogen) atoms. The number of quaternary nitrogens is 1. The molecule has 0 aromatic heterocycles. The molecule has 3 aliphatic heterocycles. The maximum absolute atomic E-state index is 12.0. The molecule has 5 N–H and O–H groups in total. The Morgan fingerprint density at radius 1 is 0.940 bits per heavy atom. The second-order valence-electron chi connectivity index (χ2n) is 14.9. The standard InChI is InChI=1S/C41H56N2O6.BrH/c1-2-37(42-26-39(46)32-15-18-38(45)33(25-32)28-44)30-13-16-36(17-14-30)48-24-8-21-43-22-19-31(20-23-43)40(27-43)49-29-41(47,35-11-6-7-12-35)34-9-4-3-5-10-34;/h3-5,9-10,13-18,25,31,35,37,39-40,42,44,46-47H,2,6-8,11-12,19-24,26-29H2,1H3;1H/t31?,37-,39-,40-,41+,43?;/m0./s1. The average molecular weight is 754 g/mol. The second-order valence-corrected chi connectivity index (χ2v) is 14.9. The highest BCUT2D eigenvalue weighted by atomic mass is 79.9. The maximum Gasteiger partial charge on any atom is 0.121 e. The number of fused-ring (bicyclic) bond motifs is 3. The Kier molecular flexibility index (Phi) is 13.8. The van der Waals surface area contributed by atoms with Crippen LogP contribution in [0.1, 0.15) is 92.7 Å². The topological polar surface area (TPSA) is 111 Å². The van der Waals surface area contributed by atoms with Gasteiger partial charge >= 0.3 is 0 Å². The highest BCUT2D eigenvalue weighted by Gasteiger charge is 2.48. The van der Waals surface area contributed by atoms with Gasteiger partial charge in [0.2, 0.25) is 0 Å². The molecule has 4 aliphatic rings. The van der Waals surface area contributed by atoms with Gasteiger partial charge in [0, 0.05) is 43.3 Å². The van der Waals surface area contributed by atoms with Gasteiger partial charge in [-0.3, -0.25) is 0 Å². The lowest BCUT2D eigenvalue weighted by atomic mass is 9.80. The van der Waals surface area contributed by atoms with Gasteiger partial charge in [-0.05, 0) is 66.1 Å². The van der Waals surface area contributed by atoms with Gasteiger partial charge in [-0.2, -0.15) is 0 Å². The number of aromatic hydroxyl groups is 1. The zero-order valence-corrected chi connectivity index (χ0v) is 31.1. The van der Waals surface area contributed by atoms with Crippen molar-refractivity contribution in [3.63, 3.8) is 0 Å². The van der Waals surface area contributed by atoms with Crippen LogP contribution in [0.4, 0.5) is 0 Å². The van der Waals surface area contributed by atoms with Crippen molar-refractivity contribution in [3.05, 3.63) is 95.1 Å². The van der Waals surface area contributed by atoms with Crippen molar-refractivity contribution >= 4 is 0 Å². The number of aliphatic hydroxyl groups is 3. The Morgan fingerprint density at radius 3 is 2.32 bits per heavy atom. The van der Waals surface area contributed by atoms with E-state index in [-0.39, 0.29) is 47.4 Å². The fourth-order valence-electron chi connectivity index (χ4n) is 8.72. The molecule has 1 aliphatic carbocycles. The summed E-state index contributed by atoms with van der Waals surface area (Å²) in [5.74, 6) is 1.75. The number of nitrogens with zero attached hydrogens (tertiary/aromatic N) is 1. The third-order valence-electron chi connectivity index (χ3n) is 11.8. The lowest BCUT2D eigenvalue weighted by Crippen LogP contribution is -3.00. The van der Waals surface area contributed by atoms with Crippen LogP contribution in [0.3, 0.4) is 0 Å². The van der Waals surface area contributed by atoms with Gasteiger partial charge in [0.25, 0.3) is 0 Å². The van der Waals surface area contributed by atoms with Gasteiger partial charge in [-0.15, -0.1) is 0 Å². The summed E-state index contributed by atoms with van der Waals surface area (Å²) < 4.78 is 14.0. The average Bonchev–Trinajstić information content (AvgIpc) is 3.70. The summed E-state index contributed by atoms with van der Waals surface area (Å²) in [5.41, 5.74) is 2.29. The molecule has 1 saturated carbocycles. The first kappa shape index (κ1) is 38.7. The van der Waals surface area contributed by atoms with E-state index < -0.39 is 11.7 Å². The summed E-state index contributed by atoms with van der Waals surface area (Å²) in [7, 11) is 0. The van der Waals surface area contributed by atoms with E-state index in [4.69, 9.17) is 9.47 Å². The summed E-state index contributed by atoms with van der Waals surface area (Å²) >= 11 is 0. The molecule has 7 rings (SSSR count). The molecule has 3 aromatic carbocycles. The van der Waals surface area contributed by atoms with Crippen molar-refractivity contribution < 1.29 is 51.4 Å². The predicted molar refractivity (Wildman–Crippen MR) is 191 cm³/mol. The van der Waals surface area contributed by atoms with E-state index in [9.17, 15) is 20.4 Å². The first-order valence-electron chi connectivity index (χ1n) is 18.6. The van der Waals surface area contributed by atoms with Crippen molar-refractivity contribution in [2.45, 2.75) is 88.7 Å². The van der Waals surface area contributed by atoms with Crippen LogP contribution in [0.5, 0.6) is 11.5 Å². The lowest BCUT2D eigenvalue weighted by Gasteiger charge is -2.53. The smallest absolute Gasteiger partial charge is 0.121 e. The molecule has 3 saturated heterocycles. The van der Waals surface area contributed by atoms with E-state index in [1.165, 1.54) is 44.8 Å². The fraction of sp³-hybridized carbons (Fsp3) is 0.561. The van der Waals surface area contributed by atoms with Crippen LogP contribution < -0.4 is 27.0 Å². The van der Waals surface area contributed by atoms with Crippen molar-refractivity contribution in [3.8, 4) is 11.5 Å². The molecule has 0 radical (unpaired) electrons. The van der Waals surface area contributed by atoms with Gasteiger partial charge in [-0.1, -0.05) is 68.3 Å². The van der Waals surface area contributed by atoms with Gasteiger partial charge in [-0.25, -0.2) is 0 Å². The summed E-state index contributed by atoms with van der Waals surface area (Å²) in [4.78, 5) is 0. The molecule has 0 amide bonds. The van der Waals surface area contributed by atoms with Crippen molar-refractivity contribution in [1.82, 2.24) is 5.32 Å². The first-order valence-corrected chi connectivity index (χ1v) is 18.6. The van der Waals surface area contributed by atoms with E-state index in [1.807, 2.05) is 30.3 Å². The molecule has 3 heterocycles. The van der Waals surface area contributed by atoms with Crippen LogP contribution in [0, 0.1) is 11.8 Å². The van der Waals surface area contributed by atoms with Gasteiger partial charge in [0.1, 0.15) is 29.7 Å². The third kappa shape index (κ3) is 9.10. The number of aliphatic hydroxyl groups excluding tert-OH is 2. The Hall–Kier alpha value is -2.50. The van der Waals surface area contributed by atoms with Crippen molar-refractivity contribution in [2.24, 2.45) is 11.8 Å². The number of phenols is 1. The fourth-order valence-corrected chi connectivity index (χ4v) is 8.72. The van der Waals surface area contributed by atoms with E-state index in [0.29, 0.717) is 36.8 Å². The van der Waals surface area contributed by atoms with Crippen LogP contribution in [0.15, 0.2) is 72.8 Å². The summed E-state index contributed by atoms with van der Waals surface area (Å²) in [6.07, 6.45) is 8.22. The van der Waals surface area contributed by atoms with E-state index in [2.05, 4.69) is 36.5 Å². The number of rotatable bonds is 17. The molecule has 2 bridgehead atoms. The zero-order valence-electron chi connectivity index (χ0n) is 29.6. The number of ether oxygens (including phenoxy) is 2. The van der Waals surface area contributed by atoms with Gasteiger partial charge < -0.3 is 56.7 Å². The Morgan fingerprint density at radius 2 is 1.64 bits per heavy atom. The summed E-state index contributed by atoms with van der Waals surface area (Å²) in [6, 6.07) is 23.4. The number of piperidine rings is 3. The highest BCUT2D eigenvalue weighted by Crippen LogP contribution is 2.43. The van der Waals surface area contributed by atoms with Crippen LogP contribution >= 0.6 is 0 Å². The molecule has 4 atom stereocenters. The van der Waals surface area contributed by atoms with E-state index in [0.717, 1.165) is 60.1 Å². The minimum atomic E-state index is -0.911. The quantitative estimate of drug-likeness (QED) is 0.107. The van der Waals surface area contributed by atoms with Crippen LogP contribution in [0.25, 0.3) is 0 Å². The molecule has 0 unspecified atom stereocenters. The molecule has 8 nitrogen and oxygen atoms in total. The predicted octanol–water partition coefficient (Wildman–Crippen LogP) is 3.14. The third-order valence-corrected chi connectivity index (χ3v) is 11.8. The molecule has 4 fully saturated rings. The summed E-state index contributed by atoms with van der Waals surface area (Å²) in [6.45, 7) is 7.79.